The fourth-order valence-corrected chi connectivity index (χ4v) is 1.28. The van der Waals surface area contributed by atoms with E-state index in [-0.39, 0.29) is 6.10 Å². The van der Waals surface area contributed by atoms with E-state index in [1.165, 1.54) is 0 Å². The van der Waals surface area contributed by atoms with Gasteiger partial charge in [0.1, 0.15) is 11.2 Å². The van der Waals surface area contributed by atoms with Crippen LogP contribution in [0.3, 0.4) is 0 Å². The van der Waals surface area contributed by atoms with Crippen molar-refractivity contribution in [2.45, 2.75) is 20.0 Å². The van der Waals surface area contributed by atoms with Crippen LogP contribution >= 0.6 is 15.9 Å². The molecular weight excluding hydrogens is 246 g/mol. The molecule has 0 aliphatic heterocycles. The van der Waals surface area contributed by atoms with Crippen LogP contribution in [0.1, 0.15) is 13.8 Å². The average molecular weight is 260 g/mol. The lowest BCUT2D eigenvalue weighted by Crippen LogP contribution is -2.11. The lowest BCUT2D eigenvalue weighted by molar-refractivity contribution is 0.0550. The van der Waals surface area contributed by atoms with Crippen molar-refractivity contribution in [3.8, 4) is 5.75 Å². The van der Waals surface area contributed by atoms with Crippen LogP contribution in [0, 0.1) is 0 Å². The Morgan fingerprint density at radius 1 is 1.43 bits per heavy atom. The zero-order valence-corrected chi connectivity index (χ0v) is 9.95. The van der Waals surface area contributed by atoms with Crippen LogP contribution in [0.5, 0.6) is 5.75 Å². The van der Waals surface area contributed by atoms with Gasteiger partial charge in [-0.2, -0.15) is 0 Å². The Labute approximate surface area is 92.6 Å². The fraction of sp³-hybridized carbons (Fsp3) is 0.500. The summed E-state index contributed by atoms with van der Waals surface area (Å²) in [7, 11) is 0. The molecule has 4 heteroatoms. The highest BCUT2D eigenvalue weighted by molar-refractivity contribution is 9.10. The fourth-order valence-electron chi connectivity index (χ4n) is 0.914. The molecule has 0 amide bonds. The molecule has 0 aliphatic carbocycles. The van der Waals surface area contributed by atoms with E-state index >= 15 is 0 Å². The molecule has 0 fully saturated rings. The highest BCUT2D eigenvalue weighted by Crippen LogP contribution is 2.20. The highest BCUT2D eigenvalue weighted by Gasteiger charge is 2.00. The van der Waals surface area contributed by atoms with Gasteiger partial charge in [0, 0.05) is 6.20 Å². The molecule has 0 saturated carbocycles. The molecule has 0 radical (unpaired) electrons. The molecule has 0 spiro atoms. The number of nitrogens with zero attached hydrogens (tertiary/aromatic N) is 1. The summed E-state index contributed by atoms with van der Waals surface area (Å²) < 4.78 is 11.5. The Morgan fingerprint density at radius 3 is 2.86 bits per heavy atom. The summed E-state index contributed by atoms with van der Waals surface area (Å²) in [6.45, 7) is 5.14. The molecule has 1 aromatic heterocycles. The summed E-state index contributed by atoms with van der Waals surface area (Å²) in [6, 6.07) is 3.70. The van der Waals surface area contributed by atoms with E-state index in [4.69, 9.17) is 9.47 Å². The molecule has 1 heterocycles. The molecular formula is C10H14BrNO2. The van der Waals surface area contributed by atoms with Crippen LogP contribution in [0.25, 0.3) is 0 Å². The van der Waals surface area contributed by atoms with Crippen LogP contribution in [-0.4, -0.2) is 24.3 Å². The van der Waals surface area contributed by atoms with Gasteiger partial charge in [0.25, 0.3) is 0 Å². The third-order valence-corrected chi connectivity index (χ3v) is 2.11. The second-order valence-corrected chi connectivity index (χ2v) is 3.81. The smallest absolute Gasteiger partial charge is 0.152 e. The molecule has 14 heavy (non-hydrogen) atoms. The van der Waals surface area contributed by atoms with Crippen molar-refractivity contribution < 1.29 is 9.47 Å². The van der Waals surface area contributed by atoms with Gasteiger partial charge in [-0.05, 0) is 41.9 Å². The monoisotopic (exact) mass is 259 g/mol. The van der Waals surface area contributed by atoms with Crippen molar-refractivity contribution in [3.63, 3.8) is 0 Å². The molecule has 0 unspecified atom stereocenters. The summed E-state index contributed by atoms with van der Waals surface area (Å²) in [5.74, 6) is 0.750. The van der Waals surface area contributed by atoms with E-state index in [1.807, 2.05) is 26.0 Å². The molecule has 78 valence electrons. The van der Waals surface area contributed by atoms with Crippen molar-refractivity contribution in [1.82, 2.24) is 4.98 Å². The van der Waals surface area contributed by atoms with Crippen molar-refractivity contribution in [1.29, 1.82) is 0 Å². The van der Waals surface area contributed by atoms with E-state index in [0.717, 1.165) is 10.4 Å². The molecule has 0 N–H and O–H groups in total. The van der Waals surface area contributed by atoms with Gasteiger partial charge in [-0.25, -0.2) is 4.98 Å². The molecule has 0 bridgehead atoms. The predicted octanol–water partition coefficient (Wildman–Crippen LogP) is 2.65. The molecule has 0 saturated heterocycles. The van der Waals surface area contributed by atoms with Gasteiger partial charge in [-0.15, -0.1) is 0 Å². The summed E-state index contributed by atoms with van der Waals surface area (Å²) >= 11 is 3.30. The number of pyridine rings is 1. The predicted molar refractivity (Wildman–Crippen MR) is 58.5 cm³/mol. The summed E-state index contributed by atoms with van der Waals surface area (Å²) in [5.41, 5.74) is 0. The third-order valence-electron chi connectivity index (χ3n) is 1.52. The SMILES string of the molecule is CC(C)OCCOc1cccnc1Br. The van der Waals surface area contributed by atoms with E-state index in [9.17, 15) is 0 Å². The Morgan fingerprint density at radius 2 is 2.21 bits per heavy atom. The Balaban J connectivity index is 2.28. The first kappa shape index (κ1) is 11.5. The maximum Gasteiger partial charge on any atom is 0.152 e. The third kappa shape index (κ3) is 4.07. The normalized spacial score (nSPS) is 10.6. The Kier molecular flexibility index (Phi) is 4.90. The number of aromatic nitrogens is 1. The van der Waals surface area contributed by atoms with E-state index in [2.05, 4.69) is 20.9 Å². The van der Waals surface area contributed by atoms with E-state index < -0.39 is 0 Å². The van der Waals surface area contributed by atoms with Gasteiger partial charge < -0.3 is 9.47 Å². The molecule has 0 aliphatic rings. The number of hydrogen-bond donors (Lipinski definition) is 0. The van der Waals surface area contributed by atoms with Gasteiger partial charge in [-0.1, -0.05) is 0 Å². The largest absolute Gasteiger partial charge is 0.488 e. The number of halogens is 1. The van der Waals surface area contributed by atoms with Crippen molar-refractivity contribution in [3.05, 3.63) is 22.9 Å². The summed E-state index contributed by atoms with van der Waals surface area (Å²) in [6.07, 6.45) is 1.96. The average Bonchev–Trinajstić information content (AvgIpc) is 2.15. The maximum atomic E-state index is 5.45. The minimum Gasteiger partial charge on any atom is -0.488 e. The number of ether oxygens (including phenoxy) is 2. The molecule has 3 nitrogen and oxygen atoms in total. The van der Waals surface area contributed by atoms with Crippen LogP contribution in [-0.2, 0) is 4.74 Å². The molecule has 1 rings (SSSR count). The zero-order chi connectivity index (χ0) is 10.4. The van der Waals surface area contributed by atoms with Gasteiger partial charge >= 0.3 is 0 Å². The van der Waals surface area contributed by atoms with E-state index in [1.54, 1.807) is 6.20 Å². The van der Waals surface area contributed by atoms with Crippen LogP contribution in [0.2, 0.25) is 0 Å². The van der Waals surface area contributed by atoms with Gasteiger partial charge in [0.15, 0.2) is 5.75 Å². The van der Waals surface area contributed by atoms with Crippen LogP contribution < -0.4 is 4.74 Å². The minimum atomic E-state index is 0.246. The first-order valence-electron chi connectivity index (χ1n) is 4.55. The quantitative estimate of drug-likeness (QED) is 0.602. The summed E-state index contributed by atoms with van der Waals surface area (Å²) in [4.78, 5) is 4.04. The van der Waals surface area contributed by atoms with Gasteiger partial charge in [-0.3, -0.25) is 0 Å². The Bertz CT molecular complexity index is 279. The highest BCUT2D eigenvalue weighted by atomic mass is 79.9. The maximum absolute atomic E-state index is 5.45. The van der Waals surface area contributed by atoms with E-state index in [0.29, 0.717) is 13.2 Å². The van der Waals surface area contributed by atoms with Gasteiger partial charge in [0.2, 0.25) is 0 Å². The second-order valence-electron chi connectivity index (χ2n) is 3.06. The molecule has 0 aromatic carbocycles. The van der Waals surface area contributed by atoms with Crippen LogP contribution in [0.4, 0.5) is 0 Å². The first-order valence-corrected chi connectivity index (χ1v) is 5.34. The second kappa shape index (κ2) is 5.98. The van der Waals surface area contributed by atoms with Crippen molar-refractivity contribution in [2.75, 3.05) is 13.2 Å². The first-order chi connectivity index (χ1) is 6.70. The molecule has 1 aromatic rings. The number of hydrogen-bond acceptors (Lipinski definition) is 3. The standard InChI is InChI=1S/C10H14BrNO2/c1-8(2)13-6-7-14-9-4-3-5-12-10(9)11/h3-5,8H,6-7H2,1-2H3. The Hall–Kier alpha value is -0.610. The zero-order valence-electron chi connectivity index (χ0n) is 8.37. The molecule has 0 atom stereocenters. The lowest BCUT2D eigenvalue weighted by atomic mass is 10.4. The number of rotatable bonds is 5. The topological polar surface area (TPSA) is 31.4 Å². The van der Waals surface area contributed by atoms with Crippen molar-refractivity contribution in [2.24, 2.45) is 0 Å². The minimum absolute atomic E-state index is 0.246. The lowest BCUT2D eigenvalue weighted by Gasteiger charge is -2.09. The van der Waals surface area contributed by atoms with Gasteiger partial charge in [0.05, 0.1) is 12.7 Å². The van der Waals surface area contributed by atoms with Crippen molar-refractivity contribution >= 4 is 15.9 Å². The summed E-state index contributed by atoms with van der Waals surface area (Å²) in [5, 5.41) is 0. The van der Waals surface area contributed by atoms with Crippen LogP contribution in [0.15, 0.2) is 22.9 Å².